The molecule has 3 N–H and O–H groups in total. The maximum absolute atomic E-state index is 12.9. The predicted octanol–water partition coefficient (Wildman–Crippen LogP) is 2.89. The summed E-state index contributed by atoms with van der Waals surface area (Å²) < 4.78 is 24.6. The van der Waals surface area contributed by atoms with E-state index in [9.17, 15) is 18.0 Å². The van der Waals surface area contributed by atoms with E-state index in [0.29, 0.717) is 27.1 Å². The fourth-order valence-electron chi connectivity index (χ4n) is 3.10. The van der Waals surface area contributed by atoms with Crippen LogP contribution in [-0.2, 0) is 19.6 Å². The molecule has 4 rings (SSSR count). The van der Waals surface area contributed by atoms with Crippen LogP contribution < -0.4 is 15.6 Å². The molecule has 0 atom stereocenters. The Bertz CT molecular complexity index is 1330. The van der Waals surface area contributed by atoms with Gasteiger partial charge in [0, 0.05) is 27.6 Å². The molecule has 0 bridgehead atoms. The number of sulfonamides is 1. The number of halogens is 2. The average Bonchev–Trinajstić information content (AvgIpc) is 3.27. The number of anilines is 1. The summed E-state index contributed by atoms with van der Waals surface area (Å²) in [5, 5.41) is 6.83. The number of carbonyl (C=O) groups is 2. The van der Waals surface area contributed by atoms with E-state index in [1.165, 1.54) is 36.4 Å². The van der Waals surface area contributed by atoms with E-state index in [0.717, 1.165) is 5.01 Å². The Balaban J connectivity index is 1.68. The van der Waals surface area contributed by atoms with E-state index < -0.39 is 21.8 Å². The first-order valence-electron chi connectivity index (χ1n) is 8.77. The number of hydrogen-bond donors (Lipinski definition) is 2. The van der Waals surface area contributed by atoms with Gasteiger partial charge in [0.15, 0.2) is 0 Å². The maximum atomic E-state index is 12.9. The molecular weight excluding hydrogens is 463 g/mol. The van der Waals surface area contributed by atoms with Crippen molar-refractivity contribution in [2.24, 2.45) is 5.14 Å². The first kappa shape index (κ1) is 21.1. The molecule has 158 valence electrons. The number of benzene rings is 2. The fourth-order valence-corrected chi connectivity index (χ4v) is 4.13. The Morgan fingerprint density at radius 3 is 2.19 bits per heavy atom. The average molecular weight is 477 g/mol. The number of hydrogen-bond acceptors (Lipinski definition) is 4. The Labute approximate surface area is 187 Å². The second kappa shape index (κ2) is 7.86. The first-order valence-corrected chi connectivity index (χ1v) is 11.1. The number of aromatic nitrogens is 1. The lowest BCUT2D eigenvalue weighted by atomic mass is 10.2. The van der Waals surface area contributed by atoms with Crippen LogP contribution in [0.25, 0.3) is 11.8 Å². The standard InChI is InChI=1S/C20H14Cl2N4O4S/c21-12-8-13(22)10-16(9-12)26-20(28)18(19(27)24-26)11-15-2-1-7-25(15)14-3-5-17(6-4-14)31(23,29)30/h1-11H,(H,24,27)(H2,23,29,30)/b18-11-. The van der Waals surface area contributed by atoms with Gasteiger partial charge in [0.05, 0.1) is 10.6 Å². The van der Waals surface area contributed by atoms with Crippen molar-refractivity contribution in [3.63, 3.8) is 0 Å². The third-order valence-corrected chi connectivity index (χ3v) is 5.88. The van der Waals surface area contributed by atoms with E-state index in [1.807, 2.05) is 0 Å². The van der Waals surface area contributed by atoms with E-state index >= 15 is 0 Å². The molecule has 0 saturated carbocycles. The zero-order valence-corrected chi connectivity index (χ0v) is 17.9. The van der Waals surface area contributed by atoms with Crippen molar-refractivity contribution in [2.45, 2.75) is 4.90 Å². The highest BCUT2D eigenvalue weighted by Crippen LogP contribution is 2.28. The van der Waals surface area contributed by atoms with E-state index in [1.54, 1.807) is 35.0 Å². The summed E-state index contributed by atoms with van der Waals surface area (Å²) in [6.45, 7) is 0. The summed E-state index contributed by atoms with van der Waals surface area (Å²) in [6.07, 6.45) is 3.15. The largest absolute Gasteiger partial charge is 0.317 e. The number of nitrogens with one attached hydrogen (secondary N) is 1. The first-order chi connectivity index (χ1) is 14.6. The quantitative estimate of drug-likeness (QED) is 0.444. The van der Waals surface area contributed by atoms with Crippen molar-refractivity contribution in [3.05, 3.63) is 82.1 Å². The van der Waals surface area contributed by atoms with Gasteiger partial charge in [-0.25, -0.2) is 18.6 Å². The minimum Gasteiger partial charge on any atom is -0.317 e. The number of carbonyl (C=O) groups excluding carboxylic acids is 2. The van der Waals surface area contributed by atoms with Gasteiger partial charge in [-0.05, 0) is 60.7 Å². The molecule has 2 heterocycles. The second-order valence-electron chi connectivity index (χ2n) is 6.61. The molecule has 0 spiro atoms. The van der Waals surface area contributed by atoms with Crippen molar-refractivity contribution in [1.29, 1.82) is 0 Å². The van der Waals surface area contributed by atoms with E-state index in [-0.39, 0.29) is 10.5 Å². The van der Waals surface area contributed by atoms with Crippen LogP contribution in [0.4, 0.5) is 5.69 Å². The molecule has 2 aromatic carbocycles. The summed E-state index contributed by atoms with van der Waals surface area (Å²) in [5.41, 5.74) is 3.88. The number of nitrogens with zero attached hydrogens (tertiary/aromatic N) is 2. The van der Waals surface area contributed by atoms with E-state index in [2.05, 4.69) is 5.43 Å². The van der Waals surface area contributed by atoms with Gasteiger partial charge in [0.2, 0.25) is 10.0 Å². The third-order valence-electron chi connectivity index (χ3n) is 4.51. The normalized spacial score (nSPS) is 15.6. The topological polar surface area (TPSA) is 114 Å². The number of primary sulfonamides is 1. The summed E-state index contributed by atoms with van der Waals surface area (Å²) in [6, 6.07) is 13.8. The summed E-state index contributed by atoms with van der Waals surface area (Å²) >= 11 is 12.0. The Hall–Kier alpha value is -3.11. The molecule has 0 unspecified atom stereocenters. The van der Waals surface area contributed by atoms with Crippen LogP contribution in [0.2, 0.25) is 10.0 Å². The fraction of sp³-hybridized carbons (Fsp3) is 0. The van der Waals surface area contributed by atoms with Crippen molar-refractivity contribution in [2.75, 3.05) is 5.01 Å². The molecule has 1 aliphatic heterocycles. The highest BCUT2D eigenvalue weighted by Gasteiger charge is 2.35. The third kappa shape index (κ3) is 4.21. The highest BCUT2D eigenvalue weighted by molar-refractivity contribution is 7.89. The molecule has 0 radical (unpaired) electrons. The molecule has 2 amide bonds. The Kier molecular flexibility index (Phi) is 5.36. The molecule has 1 saturated heterocycles. The smallest absolute Gasteiger partial charge is 0.282 e. The molecular formula is C20H14Cl2N4O4S. The molecule has 8 nitrogen and oxygen atoms in total. The van der Waals surface area contributed by atoms with Gasteiger partial charge in [0.1, 0.15) is 5.57 Å². The lowest BCUT2D eigenvalue weighted by Gasteiger charge is -2.15. The number of hydrazine groups is 1. The zero-order valence-electron chi connectivity index (χ0n) is 15.6. The van der Waals surface area contributed by atoms with Crippen LogP contribution in [0.15, 0.2) is 71.3 Å². The SMILES string of the molecule is NS(=O)(=O)c1ccc(-n2cccc2/C=C2/C(=O)NN(c3cc(Cl)cc(Cl)c3)C2=O)cc1. The lowest BCUT2D eigenvalue weighted by molar-refractivity contribution is -0.117. The predicted molar refractivity (Wildman–Crippen MR) is 117 cm³/mol. The minimum absolute atomic E-state index is 0.0236. The molecule has 31 heavy (non-hydrogen) atoms. The molecule has 1 aromatic heterocycles. The number of rotatable bonds is 4. The Morgan fingerprint density at radius 1 is 0.935 bits per heavy atom. The minimum atomic E-state index is -3.81. The van der Waals surface area contributed by atoms with Crippen molar-refractivity contribution in [1.82, 2.24) is 9.99 Å². The van der Waals surface area contributed by atoms with Gasteiger partial charge >= 0.3 is 0 Å². The lowest BCUT2D eigenvalue weighted by Crippen LogP contribution is -2.35. The zero-order chi connectivity index (χ0) is 22.3. The van der Waals surface area contributed by atoms with Gasteiger partial charge in [-0.3, -0.25) is 15.0 Å². The maximum Gasteiger partial charge on any atom is 0.282 e. The van der Waals surface area contributed by atoms with Gasteiger partial charge in [-0.15, -0.1) is 0 Å². The van der Waals surface area contributed by atoms with Crippen LogP contribution in [0.5, 0.6) is 0 Å². The number of nitrogens with two attached hydrogens (primary N) is 1. The summed E-state index contributed by atoms with van der Waals surface area (Å²) in [4.78, 5) is 25.3. The molecule has 0 aliphatic carbocycles. The van der Waals surface area contributed by atoms with Gasteiger partial charge in [-0.1, -0.05) is 23.2 Å². The van der Waals surface area contributed by atoms with Crippen LogP contribution in [-0.4, -0.2) is 24.8 Å². The van der Waals surface area contributed by atoms with Crippen molar-refractivity contribution < 1.29 is 18.0 Å². The second-order valence-corrected chi connectivity index (χ2v) is 9.04. The monoisotopic (exact) mass is 476 g/mol. The van der Waals surface area contributed by atoms with Gasteiger partial charge in [-0.2, -0.15) is 0 Å². The van der Waals surface area contributed by atoms with Crippen LogP contribution >= 0.6 is 23.2 Å². The number of amides is 2. The van der Waals surface area contributed by atoms with Crippen LogP contribution in [0.3, 0.4) is 0 Å². The highest BCUT2D eigenvalue weighted by atomic mass is 35.5. The van der Waals surface area contributed by atoms with Gasteiger partial charge < -0.3 is 4.57 Å². The van der Waals surface area contributed by atoms with E-state index in [4.69, 9.17) is 28.3 Å². The molecule has 11 heteroatoms. The summed E-state index contributed by atoms with van der Waals surface area (Å²) in [5.74, 6) is -1.15. The molecule has 3 aromatic rings. The van der Waals surface area contributed by atoms with Crippen LogP contribution in [0.1, 0.15) is 5.69 Å². The van der Waals surface area contributed by atoms with Crippen LogP contribution in [0, 0.1) is 0 Å². The van der Waals surface area contributed by atoms with Crippen molar-refractivity contribution >= 4 is 56.8 Å². The molecule has 1 fully saturated rings. The van der Waals surface area contributed by atoms with Gasteiger partial charge in [0.25, 0.3) is 11.8 Å². The molecule has 1 aliphatic rings. The van der Waals surface area contributed by atoms with Crippen molar-refractivity contribution in [3.8, 4) is 5.69 Å². The summed E-state index contributed by atoms with van der Waals surface area (Å²) in [7, 11) is -3.81. The Morgan fingerprint density at radius 2 is 1.58 bits per heavy atom.